The maximum atomic E-state index is 12.6. The lowest BCUT2D eigenvalue weighted by Crippen LogP contribution is -2.42. The van der Waals surface area contributed by atoms with Gasteiger partial charge in [0, 0.05) is 12.2 Å². The molecule has 0 N–H and O–H groups in total. The van der Waals surface area contributed by atoms with Crippen LogP contribution in [0.4, 0.5) is 10.5 Å². The number of amides is 1. The average Bonchev–Trinajstić information content (AvgIpc) is 2.75. The van der Waals surface area contributed by atoms with Crippen LogP contribution < -0.4 is 4.90 Å². The van der Waals surface area contributed by atoms with Crippen LogP contribution in [0.2, 0.25) is 0 Å². The zero-order valence-corrected chi connectivity index (χ0v) is 18.5. The molecule has 2 heterocycles. The number of hydrogen-bond acceptors (Lipinski definition) is 8. The van der Waals surface area contributed by atoms with Crippen molar-refractivity contribution in [2.24, 2.45) is 0 Å². The topological polar surface area (TPSA) is 94.6 Å². The summed E-state index contributed by atoms with van der Waals surface area (Å²) in [5.74, 6) is -1.33. The molecule has 1 aromatic rings. The van der Waals surface area contributed by atoms with Gasteiger partial charge in [0.25, 0.3) is 0 Å². The largest absolute Gasteiger partial charge is 0.466 e. The Bertz CT molecular complexity index is 917. The Morgan fingerprint density at radius 3 is 2.42 bits per heavy atom. The average molecular weight is 432 g/mol. The normalized spacial score (nSPS) is 16.5. The Kier molecular flexibility index (Phi) is 6.54. The summed E-state index contributed by atoms with van der Waals surface area (Å²) in [4.78, 5) is 40.7. The summed E-state index contributed by atoms with van der Waals surface area (Å²) in [7, 11) is 2.49. The molecule has 0 aromatic heterocycles. The molecular weight excluding hydrogens is 404 g/mol. The quantitative estimate of drug-likeness (QED) is 0.531. The van der Waals surface area contributed by atoms with Crippen molar-refractivity contribution in [1.29, 1.82) is 0 Å². The van der Waals surface area contributed by atoms with E-state index < -0.39 is 23.6 Å². The lowest BCUT2D eigenvalue weighted by atomic mass is 9.97. The fraction of sp³-hybridized carbons (Fsp3) is 0.500. The van der Waals surface area contributed by atoms with Crippen LogP contribution in [0.5, 0.6) is 0 Å². The summed E-state index contributed by atoms with van der Waals surface area (Å²) in [6.07, 6.45) is 0.236. The molecule has 168 valence electrons. The minimum atomic E-state index is -0.666. The molecule has 0 bridgehead atoms. The van der Waals surface area contributed by atoms with E-state index in [-0.39, 0.29) is 24.6 Å². The first-order valence-electron chi connectivity index (χ1n) is 10.00. The SMILES string of the molecule is COC(=O)C1=C(C(=O)OC)N(c2cccc3c2CN(C(=O)OC(C)(C)C)CC3)COC1. The highest BCUT2D eigenvalue weighted by Gasteiger charge is 2.35. The highest BCUT2D eigenvalue weighted by Crippen LogP contribution is 2.34. The molecule has 0 radical (unpaired) electrons. The predicted molar refractivity (Wildman–Crippen MR) is 111 cm³/mol. The second-order valence-electron chi connectivity index (χ2n) is 8.28. The fourth-order valence-corrected chi connectivity index (χ4v) is 3.63. The van der Waals surface area contributed by atoms with Gasteiger partial charge in [0.1, 0.15) is 18.0 Å². The summed E-state index contributed by atoms with van der Waals surface area (Å²) < 4.78 is 20.9. The molecule has 0 spiro atoms. The van der Waals surface area contributed by atoms with E-state index in [1.165, 1.54) is 14.2 Å². The number of ether oxygens (including phenoxy) is 4. The first-order valence-corrected chi connectivity index (χ1v) is 10.00. The van der Waals surface area contributed by atoms with Crippen molar-refractivity contribution in [2.75, 3.05) is 39.0 Å². The molecule has 9 nitrogen and oxygen atoms in total. The number of hydrogen-bond donors (Lipinski definition) is 0. The number of anilines is 1. The molecule has 2 aliphatic heterocycles. The summed E-state index contributed by atoms with van der Waals surface area (Å²) in [6, 6.07) is 5.68. The Labute approximate surface area is 181 Å². The number of rotatable bonds is 3. The van der Waals surface area contributed by atoms with Gasteiger partial charge in [-0.25, -0.2) is 14.4 Å². The number of fused-ring (bicyclic) bond motifs is 1. The van der Waals surface area contributed by atoms with E-state index in [2.05, 4.69) is 0 Å². The maximum absolute atomic E-state index is 12.6. The van der Waals surface area contributed by atoms with E-state index in [0.29, 0.717) is 25.2 Å². The van der Waals surface area contributed by atoms with E-state index in [0.717, 1.165) is 11.1 Å². The molecule has 0 atom stereocenters. The van der Waals surface area contributed by atoms with E-state index in [1.54, 1.807) is 9.80 Å². The molecule has 31 heavy (non-hydrogen) atoms. The van der Waals surface area contributed by atoms with Crippen molar-refractivity contribution in [3.05, 3.63) is 40.6 Å². The molecule has 0 saturated carbocycles. The van der Waals surface area contributed by atoms with E-state index >= 15 is 0 Å². The van der Waals surface area contributed by atoms with Crippen molar-refractivity contribution >= 4 is 23.7 Å². The Morgan fingerprint density at radius 2 is 1.77 bits per heavy atom. The predicted octanol–water partition coefficient (Wildman–Crippen LogP) is 2.37. The summed E-state index contributed by atoms with van der Waals surface area (Å²) >= 11 is 0. The molecule has 9 heteroatoms. The minimum absolute atomic E-state index is 0.0494. The first kappa shape index (κ1) is 22.6. The van der Waals surface area contributed by atoms with Gasteiger partial charge < -0.3 is 28.7 Å². The highest BCUT2D eigenvalue weighted by molar-refractivity contribution is 6.03. The minimum Gasteiger partial charge on any atom is -0.466 e. The lowest BCUT2D eigenvalue weighted by molar-refractivity contribution is -0.140. The molecule has 0 saturated heterocycles. The number of benzene rings is 1. The van der Waals surface area contributed by atoms with Gasteiger partial charge in [-0.1, -0.05) is 12.1 Å². The van der Waals surface area contributed by atoms with Crippen LogP contribution >= 0.6 is 0 Å². The zero-order valence-electron chi connectivity index (χ0n) is 18.5. The summed E-state index contributed by atoms with van der Waals surface area (Å²) in [6.45, 7) is 6.28. The van der Waals surface area contributed by atoms with Crippen molar-refractivity contribution in [3.63, 3.8) is 0 Å². The molecule has 1 amide bonds. The zero-order chi connectivity index (χ0) is 22.8. The number of carbonyl (C=O) groups is 3. The van der Waals surface area contributed by atoms with Gasteiger partial charge in [0.15, 0.2) is 0 Å². The number of carbonyl (C=O) groups excluding carboxylic acids is 3. The standard InChI is InChI=1S/C22H28N2O7/c1-22(2,3)31-21(27)23-10-9-14-7-6-8-17(15(14)11-23)24-13-30-12-16(19(25)28-4)18(24)20(26)29-5/h6-8H,9-13H2,1-5H3. The van der Waals surface area contributed by atoms with Crippen molar-refractivity contribution in [1.82, 2.24) is 4.90 Å². The van der Waals surface area contributed by atoms with Crippen LogP contribution in [0.15, 0.2) is 29.5 Å². The summed E-state index contributed by atoms with van der Waals surface area (Å²) in [5.41, 5.74) is 2.12. The molecular formula is C22H28N2O7. The first-order chi connectivity index (χ1) is 14.7. The Balaban J connectivity index is 2.02. The number of esters is 2. The molecule has 3 rings (SSSR count). The Morgan fingerprint density at radius 1 is 1.06 bits per heavy atom. The van der Waals surface area contributed by atoms with Gasteiger partial charge in [-0.3, -0.25) is 0 Å². The van der Waals surface area contributed by atoms with Crippen LogP contribution in [-0.2, 0) is 41.5 Å². The molecule has 0 unspecified atom stereocenters. The van der Waals surface area contributed by atoms with E-state index in [9.17, 15) is 14.4 Å². The fourth-order valence-electron chi connectivity index (χ4n) is 3.63. The second-order valence-corrected chi connectivity index (χ2v) is 8.28. The van der Waals surface area contributed by atoms with E-state index in [4.69, 9.17) is 18.9 Å². The van der Waals surface area contributed by atoms with Crippen molar-refractivity contribution in [3.8, 4) is 0 Å². The van der Waals surface area contributed by atoms with Gasteiger partial charge in [-0.2, -0.15) is 0 Å². The van der Waals surface area contributed by atoms with Crippen LogP contribution in [0.3, 0.4) is 0 Å². The molecule has 0 aliphatic carbocycles. The highest BCUT2D eigenvalue weighted by atomic mass is 16.6. The lowest BCUT2D eigenvalue weighted by Gasteiger charge is -2.36. The third kappa shape index (κ3) is 4.82. The van der Waals surface area contributed by atoms with Gasteiger partial charge in [-0.05, 0) is 44.4 Å². The van der Waals surface area contributed by atoms with Gasteiger partial charge in [-0.15, -0.1) is 0 Å². The third-order valence-corrected chi connectivity index (χ3v) is 5.02. The molecule has 1 aromatic carbocycles. The van der Waals surface area contributed by atoms with Gasteiger partial charge in [0.05, 0.1) is 32.9 Å². The van der Waals surface area contributed by atoms with Crippen molar-refractivity contribution in [2.45, 2.75) is 39.3 Å². The molecule has 0 fully saturated rings. The smallest absolute Gasteiger partial charge is 0.410 e. The maximum Gasteiger partial charge on any atom is 0.410 e. The van der Waals surface area contributed by atoms with Gasteiger partial charge >= 0.3 is 18.0 Å². The third-order valence-electron chi connectivity index (χ3n) is 5.02. The number of methoxy groups -OCH3 is 2. The second kappa shape index (κ2) is 8.97. The van der Waals surface area contributed by atoms with Crippen LogP contribution in [-0.4, -0.2) is 62.6 Å². The number of nitrogens with zero attached hydrogens (tertiary/aromatic N) is 2. The van der Waals surface area contributed by atoms with Crippen LogP contribution in [0.25, 0.3) is 0 Å². The summed E-state index contributed by atoms with van der Waals surface area (Å²) in [5, 5.41) is 0. The molecule has 2 aliphatic rings. The van der Waals surface area contributed by atoms with Gasteiger partial charge in [0.2, 0.25) is 0 Å². The van der Waals surface area contributed by atoms with E-state index in [1.807, 2.05) is 39.0 Å². The van der Waals surface area contributed by atoms with Crippen LogP contribution in [0.1, 0.15) is 31.9 Å². The monoisotopic (exact) mass is 432 g/mol. The van der Waals surface area contributed by atoms with Crippen LogP contribution in [0, 0.1) is 0 Å². The Hall–Kier alpha value is -3.07. The van der Waals surface area contributed by atoms with Crippen molar-refractivity contribution < 1.29 is 33.3 Å².